The predicted molar refractivity (Wildman–Crippen MR) is 95.2 cm³/mol. The maximum absolute atomic E-state index is 16.7. The van der Waals surface area contributed by atoms with Crippen LogP contribution in [0.25, 0.3) is 0 Å². The van der Waals surface area contributed by atoms with Gasteiger partial charge in [0.1, 0.15) is 12.8 Å². The summed E-state index contributed by atoms with van der Waals surface area (Å²) in [6.45, 7) is 2.77. The van der Waals surface area contributed by atoms with Gasteiger partial charge < -0.3 is 15.3 Å². The topological polar surface area (TPSA) is 77.8 Å². The lowest BCUT2D eigenvalue weighted by molar-refractivity contribution is -0.193. The van der Waals surface area contributed by atoms with E-state index in [0.717, 1.165) is 0 Å². The van der Waals surface area contributed by atoms with E-state index >= 15 is 8.78 Å². The predicted octanol–water partition coefficient (Wildman–Crippen LogP) is 2.19. The van der Waals surface area contributed by atoms with E-state index in [1.807, 2.05) is 6.92 Å². The third kappa shape index (κ3) is 2.21. The Labute approximate surface area is 157 Å². The monoisotopic (exact) mass is 380 g/mol. The summed E-state index contributed by atoms with van der Waals surface area (Å²) in [4.78, 5) is 12.2. The van der Waals surface area contributed by atoms with Crippen molar-refractivity contribution in [3.63, 3.8) is 0 Å². The number of fused-ring (bicyclic) bond motifs is 5. The van der Waals surface area contributed by atoms with Gasteiger partial charge in [0, 0.05) is 16.7 Å². The number of aliphatic hydroxyl groups excluding tert-OH is 3. The third-order valence-electron chi connectivity index (χ3n) is 7.75. The molecule has 4 nitrogen and oxygen atoms in total. The Hall–Kier alpha value is -1.37. The minimum absolute atomic E-state index is 0.0401. The first-order chi connectivity index (χ1) is 12.6. The van der Waals surface area contributed by atoms with Gasteiger partial charge in [-0.25, -0.2) is 8.78 Å². The van der Waals surface area contributed by atoms with Crippen molar-refractivity contribution in [2.75, 3.05) is 6.61 Å². The lowest BCUT2D eigenvalue weighted by atomic mass is 9.45. The summed E-state index contributed by atoms with van der Waals surface area (Å²) < 4.78 is 31.8. The molecule has 148 valence electrons. The molecule has 0 bridgehead atoms. The number of rotatable bonds is 2. The standard InChI is InChI=1S/C21H26F2O4/c1-19-9-18(27)21(23)14(12(19)3-4-13(19)17(26)10-24)8-16(22)15-7-11(25)5-6-20(15,21)2/h4-7,11-12,14,16,18,24-25,27H,3,8-10H2,1-2H3/t11?,12-,14-,16-,18-,19-,20-,21-/m0/s1. The number of carbonyl (C=O) groups excluding carboxylic acids is 1. The van der Waals surface area contributed by atoms with Gasteiger partial charge in [0.25, 0.3) is 0 Å². The first-order valence-electron chi connectivity index (χ1n) is 9.55. The van der Waals surface area contributed by atoms with Gasteiger partial charge in [-0.3, -0.25) is 4.79 Å². The summed E-state index contributed by atoms with van der Waals surface area (Å²) in [5.74, 6) is -1.52. The molecule has 4 aliphatic rings. The Morgan fingerprint density at radius 1 is 1.30 bits per heavy atom. The van der Waals surface area contributed by atoms with Crippen molar-refractivity contribution in [3.8, 4) is 0 Å². The Balaban J connectivity index is 1.81. The normalized spacial score (nSPS) is 51.0. The van der Waals surface area contributed by atoms with Crippen molar-refractivity contribution in [1.29, 1.82) is 0 Å². The van der Waals surface area contributed by atoms with Crippen LogP contribution in [-0.2, 0) is 4.79 Å². The largest absolute Gasteiger partial charge is 0.390 e. The second-order valence-corrected chi connectivity index (χ2v) is 8.93. The van der Waals surface area contributed by atoms with Crippen LogP contribution in [0.5, 0.6) is 0 Å². The highest BCUT2D eigenvalue weighted by Crippen LogP contribution is 2.68. The fourth-order valence-corrected chi connectivity index (χ4v) is 6.41. The van der Waals surface area contributed by atoms with Gasteiger partial charge in [-0.2, -0.15) is 0 Å². The van der Waals surface area contributed by atoms with E-state index in [0.29, 0.717) is 12.0 Å². The molecule has 27 heavy (non-hydrogen) atoms. The molecule has 0 aliphatic heterocycles. The zero-order valence-corrected chi connectivity index (χ0v) is 15.5. The van der Waals surface area contributed by atoms with Crippen LogP contribution in [0.15, 0.2) is 35.5 Å². The minimum atomic E-state index is -2.09. The van der Waals surface area contributed by atoms with Crippen molar-refractivity contribution >= 4 is 5.78 Å². The second kappa shape index (κ2) is 5.82. The molecule has 0 aromatic heterocycles. The van der Waals surface area contributed by atoms with Crippen LogP contribution in [0.3, 0.4) is 0 Å². The summed E-state index contributed by atoms with van der Waals surface area (Å²) in [6.07, 6.45) is 2.62. The number of hydrogen-bond donors (Lipinski definition) is 3. The summed E-state index contributed by atoms with van der Waals surface area (Å²) in [6, 6.07) is 0. The summed E-state index contributed by atoms with van der Waals surface area (Å²) >= 11 is 0. The average Bonchev–Trinajstić information content (AvgIpc) is 2.95. The molecular weight excluding hydrogens is 354 g/mol. The smallest absolute Gasteiger partial charge is 0.184 e. The number of alkyl halides is 2. The highest BCUT2D eigenvalue weighted by molar-refractivity contribution is 5.98. The molecule has 0 aromatic carbocycles. The molecule has 4 rings (SSSR count). The number of aliphatic hydroxyl groups is 3. The molecule has 8 atom stereocenters. The van der Waals surface area contributed by atoms with E-state index in [2.05, 4.69) is 0 Å². The highest BCUT2D eigenvalue weighted by atomic mass is 19.1. The summed E-state index contributed by atoms with van der Waals surface area (Å²) in [5, 5.41) is 30.1. The maximum Gasteiger partial charge on any atom is 0.184 e. The van der Waals surface area contributed by atoms with Crippen LogP contribution in [0.2, 0.25) is 0 Å². The maximum atomic E-state index is 16.7. The number of allylic oxidation sites excluding steroid dienone is 3. The number of ketones is 1. The van der Waals surface area contributed by atoms with E-state index in [9.17, 15) is 20.1 Å². The van der Waals surface area contributed by atoms with Crippen LogP contribution < -0.4 is 0 Å². The van der Waals surface area contributed by atoms with Crippen molar-refractivity contribution in [2.45, 2.75) is 57.2 Å². The first kappa shape index (κ1) is 19.0. The zero-order valence-electron chi connectivity index (χ0n) is 15.5. The Morgan fingerprint density at radius 2 is 2.00 bits per heavy atom. The third-order valence-corrected chi connectivity index (χ3v) is 7.75. The molecule has 2 saturated carbocycles. The zero-order chi connectivity index (χ0) is 19.8. The van der Waals surface area contributed by atoms with Gasteiger partial charge in [0.05, 0.1) is 12.2 Å². The van der Waals surface area contributed by atoms with Crippen molar-refractivity contribution in [2.24, 2.45) is 22.7 Å². The lowest BCUT2D eigenvalue weighted by Gasteiger charge is -2.62. The molecule has 0 amide bonds. The number of Topliss-reactive ketones (excluding diaryl/α,β-unsaturated/α-hetero) is 1. The molecule has 0 heterocycles. The SMILES string of the molecule is C[C@]12C=CC(O)C=C1[C@@H](F)C[C@H]1[C@@H]3CC=C(C(=O)CO)[C@@]3(C)C[C@H](O)[C@@]12F. The minimum Gasteiger partial charge on any atom is -0.390 e. The number of carbonyl (C=O) groups is 1. The number of halogens is 2. The van der Waals surface area contributed by atoms with Gasteiger partial charge in [-0.1, -0.05) is 25.2 Å². The summed E-state index contributed by atoms with van der Waals surface area (Å²) in [5.41, 5.74) is -3.61. The van der Waals surface area contributed by atoms with E-state index in [1.54, 1.807) is 13.0 Å². The Kier molecular flexibility index (Phi) is 4.09. The van der Waals surface area contributed by atoms with E-state index in [4.69, 9.17) is 0 Å². The Bertz CT molecular complexity index is 774. The van der Waals surface area contributed by atoms with Gasteiger partial charge in [0.2, 0.25) is 0 Å². The van der Waals surface area contributed by atoms with E-state index in [1.165, 1.54) is 18.2 Å². The molecule has 2 fully saturated rings. The van der Waals surface area contributed by atoms with Crippen LogP contribution in [0, 0.1) is 22.7 Å². The van der Waals surface area contributed by atoms with Gasteiger partial charge in [0.15, 0.2) is 11.5 Å². The quantitative estimate of drug-likeness (QED) is 0.642. The summed E-state index contributed by atoms with van der Waals surface area (Å²) in [7, 11) is 0. The molecule has 0 saturated heterocycles. The van der Waals surface area contributed by atoms with Crippen molar-refractivity contribution < 1.29 is 28.9 Å². The molecule has 6 heteroatoms. The Morgan fingerprint density at radius 3 is 2.67 bits per heavy atom. The number of hydrogen-bond acceptors (Lipinski definition) is 4. The molecule has 3 N–H and O–H groups in total. The van der Waals surface area contributed by atoms with Crippen molar-refractivity contribution in [3.05, 3.63) is 35.5 Å². The molecular formula is C21H26F2O4. The van der Waals surface area contributed by atoms with Gasteiger partial charge in [-0.05, 0) is 49.3 Å². The lowest BCUT2D eigenvalue weighted by Crippen LogP contribution is -2.68. The highest BCUT2D eigenvalue weighted by Gasteiger charge is 2.71. The molecule has 1 unspecified atom stereocenters. The van der Waals surface area contributed by atoms with Crippen LogP contribution in [-0.4, -0.2) is 51.8 Å². The molecule has 0 aromatic rings. The van der Waals surface area contributed by atoms with Gasteiger partial charge >= 0.3 is 0 Å². The van der Waals surface area contributed by atoms with Crippen LogP contribution in [0.1, 0.15) is 33.1 Å². The average molecular weight is 380 g/mol. The molecule has 0 spiro atoms. The first-order valence-corrected chi connectivity index (χ1v) is 9.55. The van der Waals surface area contributed by atoms with Crippen LogP contribution >= 0.6 is 0 Å². The van der Waals surface area contributed by atoms with Crippen molar-refractivity contribution in [1.82, 2.24) is 0 Å². The van der Waals surface area contributed by atoms with Crippen LogP contribution in [0.4, 0.5) is 8.78 Å². The second-order valence-electron chi connectivity index (χ2n) is 8.93. The van der Waals surface area contributed by atoms with E-state index in [-0.39, 0.29) is 24.3 Å². The molecule has 0 radical (unpaired) electrons. The van der Waals surface area contributed by atoms with E-state index < -0.39 is 53.2 Å². The fraction of sp³-hybridized carbons (Fsp3) is 0.667. The van der Waals surface area contributed by atoms with Gasteiger partial charge in [-0.15, -0.1) is 0 Å². The fourth-order valence-electron chi connectivity index (χ4n) is 6.41. The molecule has 4 aliphatic carbocycles.